The van der Waals surface area contributed by atoms with Gasteiger partial charge in [0.05, 0.1) is 0 Å². The summed E-state index contributed by atoms with van der Waals surface area (Å²) in [6, 6.07) is 5.47. The summed E-state index contributed by atoms with van der Waals surface area (Å²) in [5, 5.41) is 15.9. The molecule has 0 amide bonds. The van der Waals surface area contributed by atoms with Crippen LogP contribution in [0.15, 0.2) is 18.2 Å². The lowest BCUT2D eigenvalue weighted by atomic mass is 9.53. The molecule has 0 spiro atoms. The summed E-state index contributed by atoms with van der Waals surface area (Å²) in [4.78, 5) is 0. The van der Waals surface area contributed by atoms with E-state index in [4.69, 9.17) is 15.7 Å². The van der Waals surface area contributed by atoms with Gasteiger partial charge in [0.15, 0.2) is 0 Å². The van der Waals surface area contributed by atoms with Crippen LogP contribution in [0.2, 0.25) is 0 Å². The molecule has 1 aromatic rings. The van der Waals surface area contributed by atoms with E-state index in [0.29, 0.717) is 24.2 Å². The van der Waals surface area contributed by atoms with Crippen LogP contribution in [0.3, 0.4) is 0 Å². The second kappa shape index (κ2) is 5.72. The first-order chi connectivity index (χ1) is 12.2. The molecule has 0 bridgehead atoms. The zero-order chi connectivity index (χ0) is 18.7. The van der Waals surface area contributed by atoms with E-state index in [1.54, 1.807) is 12.1 Å². The molecule has 4 rings (SSSR count). The highest BCUT2D eigenvalue weighted by Gasteiger charge is 2.61. The quantitative estimate of drug-likeness (QED) is 0.777. The minimum absolute atomic E-state index is 0.211. The first-order valence-electron chi connectivity index (χ1n) is 9.22. The second-order valence-electron chi connectivity index (χ2n) is 8.35. The fourth-order valence-electron chi connectivity index (χ4n) is 6.00. The number of aryl methyl sites for hydroxylation is 1. The predicted molar refractivity (Wildman–Crippen MR) is 98.6 cm³/mol. The standard InChI is InChI=1S/C20H25NO4S/c1-3-20(22)11-9-18-17-6-4-13-12-14(25-26(21,23)24)5-7-15(13)16(17)8-10-19(18,20)2/h1,5,7,12,16-18,22H,4,6,8-11H2,2H3,(H2,21,23,24). The maximum Gasteiger partial charge on any atom is 0.380 e. The molecule has 3 aliphatic carbocycles. The van der Waals surface area contributed by atoms with E-state index in [1.165, 1.54) is 5.56 Å². The van der Waals surface area contributed by atoms with Crippen LogP contribution in [0.4, 0.5) is 0 Å². The van der Waals surface area contributed by atoms with Gasteiger partial charge in [-0.05, 0) is 79.5 Å². The SMILES string of the molecule is C#CC1(O)CCC2C3CCc4cc(OS(N)(=O)=O)ccc4C3CCC21C. The van der Waals surface area contributed by atoms with Gasteiger partial charge < -0.3 is 9.29 Å². The molecule has 3 aliphatic rings. The van der Waals surface area contributed by atoms with Crippen molar-refractivity contribution in [3.63, 3.8) is 0 Å². The third-order valence-corrected chi connectivity index (χ3v) is 7.73. The lowest BCUT2D eigenvalue weighted by Gasteiger charge is -2.52. The summed E-state index contributed by atoms with van der Waals surface area (Å²) >= 11 is 0. The van der Waals surface area contributed by atoms with Gasteiger partial charge in [0.1, 0.15) is 11.4 Å². The summed E-state index contributed by atoms with van der Waals surface area (Å²) < 4.78 is 27.2. The zero-order valence-electron chi connectivity index (χ0n) is 14.9. The van der Waals surface area contributed by atoms with Crippen molar-refractivity contribution in [1.29, 1.82) is 0 Å². The van der Waals surface area contributed by atoms with Crippen LogP contribution in [0.5, 0.6) is 5.75 Å². The average Bonchev–Trinajstić information content (AvgIpc) is 2.85. The maximum absolute atomic E-state index is 11.2. The first-order valence-corrected chi connectivity index (χ1v) is 10.7. The highest BCUT2D eigenvalue weighted by Crippen LogP contribution is 2.64. The van der Waals surface area contributed by atoms with Crippen molar-refractivity contribution in [3.05, 3.63) is 29.3 Å². The van der Waals surface area contributed by atoms with Crippen LogP contribution in [0.1, 0.15) is 56.1 Å². The lowest BCUT2D eigenvalue weighted by Crippen LogP contribution is -2.50. The molecule has 2 saturated carbocycles. The van der Waals surface area contributed by atoms with Crippen molar-refractivity contribution in [2.75, 3.05) is 0 Å². The number of rotatable bonds is 2. The van der Waals surface area contributed by atoms with E-state index in [-0.39, 0.29) is 11.2 Å². The number of hydrogen-bond donors (Lipinski definition) is 2. The van der Waals surface area contributed by atoms with Crippen LogP contribution in [-0.4, -0.2) is 19.1 Å². The molecule has 0 radical (unpaired) electrons. The Bertz CT molecular complexity index is 890. The van der Waals surface area contributed by atoms with Gasteiger partial charge in [-0.2, -0.15) is 13.6 Å². The zero-order valence-corrected chi connectivity index (χ0v) is 15.8. The van der Waals surface area contributed by atoms with Crippen molar-refractivity contribution in [3.8, 4) is 18.1 Å². The Hall–Kier alpha value is -1.55. The van der Waals surface area contributed by atoms with Gasteiger partial charge in [0.2, 0.25) is 0 Å². The van der Waals surface area contributed by atoms with Gasteiger partial charge in [-0.25, -0.2) is 0 Å². The molecule has 0 heterocycles. The van der Waals surface area contributed by atoms with Crippen LogP contribution >= 0.6 is 0 Å². The van der Waals surface area contributed by atoms with Crippen molar-refractivity contribution >= 4 is 10.3 Å². The number of terminal acetylenes is 1. The molecule has 2 fully saturated rings. The lowest BCUT2D eigenvalue weighted by molar-refractivity contribution is -0.0646. The van der Waals surface area contributed by atoms with Gasteiger partial charge in [0, 0.05) is 5.41 Å². The van der Waals surface area contributed by atoms with Gasteiger partial charge in [-0.1, -0.05) is 18.9 Å². The minimum atomic E-state index is -4.01. The molecule has 5 unspecified atom stereocenters. The Morgan fingerprint density at radius 1 is 1.31 bits per heavy atom. The van der Waals surface area contributed by atoms with E-state index >= 15 is 0 Å². The Morgan fingerprint density at radius 2 is 2.08 bits per heavy atom. The average molecular weight is 375 g/mol. The number of nitrogens with two attached hydrogens (primary N) is 1. The largest absolute Gasteiger partial charge is 0.380 e. The highest BCUT2D eigenvalue weighted by molar-refractivity contribution is 7.84. The third-order valence-electron chi connectivity index (χ3n) is 7.30. The fraction of sp³-hybridized carbons (Fsp3) is 0.600. The van der Waals surface area contributed by atoms with Gasteiger partial charge in [-0.3, -0.25) is 0 Å². The number of hydrogen-bond acceptors (Lipinski definition) is 4. The van der Waals surface area contributed by atoms with Crippen LogP contribution in [0, 0.1) is 29.6 Å². The van der Waals surface area contributed by atoms with Crippen molar-refractivity contribution < 1.29 is 17.7 Å². The summed E-state index contributed by atoms with van der Waals surface area (Å²) in [7, 11) is -4.01. The van der Waals surface area contributed by atoms with E-state index < -0.39 is 15.9 Å². The van der Waals surface area contributed by atoms with Gasteiger partial charge in [0.25, 0.3) is 0 Å². The van der Waals surface area contributed by atoms with Gasteiger partial charge in [-0.15, -0.1) is 6.42 Å². The second-order valence-corrected chi connectivity index (χ2v) is 9.50. The molecule has 1 aromatic carbocycles. The molecule has 0 aromatic heterocycles. The molecule has 5 nitrogen and oxygen atoms in total. The van der Waals surface area contributed by atoms with Crippen molar-refractivity contribution in [2.45, 2.75) is 57.0 Å². The summed E-state index contributed by atoms with van der Waals surface area (Å²) in [5.41, 5.74) is 1.22. The van der Waals surface area contributed by atoms with Crippen molar-refractivity contribution in [1.82, 2.24) is 0 Å². The summed E-state index contributed by atoms with van der Waals surface area (Å²) in [5.74, 6) is 4.33. The first kappa shape index (κ1) is 17.8. The Kier molecular flexibility index (Phi) is 3.93. The smallest absolute Gasteiger partial charge is 0.377 e. The molecule has 5 atom stereocenters. The van der Waals surface area contributed by atoms with Crippen LogP contribution in [0.25, 0.3) is 0 Å². The molecule has 0 aliphatic heterocycles. The summed E-state index contributed by atoms with van der Waals surface area (Å²) in [6.07, 6.45) is 11.2. The maximum atomic E-state index is 11.2. The van der Waals surface area contributed by atoms with E-state index in [9.17, 15) is 13.5 Å². The molecular weight excluding hydrogens is 350 g/mol. The third kappa shape index (κ3) is 2.57. The van der Waals surface area contributed by atoms with Crippen molar-refractivity contribution in [2.24, 2.45) is 22.4 Å². The minimum Gasteiger partial charge on any atom is -0.377 e. The normalized spacial score (nSPS) is 38.6. The monoisotopic (exact) mass is 375 g/mol. The topological polar surface area (TPSA) is 89.6 Å². The molecule has 26 heavy (non-hydrogen) atoms. The van der Waals surface area contributed by atoms with Crippen LogP contribution < -0.4 is 9.32 Å². The Balaban J connectivity index is 1.65. The number of aliphatic hydroxyl groups is 1. The number of fused-ring (bicyclic) bond motifs is 5. The molecule has 3 N–H and O–H groups in total. The molecule has 0 saturated heterocycles. The van der Waals surface area contributed by atoms with Crippen LogP contribution in [-0.2, 0) is 16.7 Å². The Morgan fingerprint density at radius 3 is 2.77 bits per heavy atom. The van der Waals surface area contributed by atoms with E-state index in [0.717, 1.165) is 37.7 Å². The molecular formula is C20H25NO4S. The summed E-state index contributed by atoms with van der Waals surface area (Å²) in [6.45, 7) is 2.17. The predicted octanol–water partition coefficient (Wildman–Crippen LogP) is 2.49. The molecule has 6 heteroatoms. The highest BCUT2D eigenvalue weighted by atomic mass is 32.2. The fourth-order valence-corrected chi connectivity index (χ4v) is 6.37. The van der Waals surface area contributed by atoms with E-state index in [1.807, 2.05) is 6.07 Å². The Labute approximate surface area is 155 Å². The number of benzene rings is 1. The van der Waals surface area contributed by atoms with E-state index in [2.05, 4.69) is 12.8 Å². The van der Waals surface area contributed by atoms with Gasteiger partial charge >= 0.3 is 10.3 Å². The molecule has 140 valence electrons.